The van der Waals surface area contributed by atoms with Crippen molar-refractivity contribution in [2.45, 2.75) is 39.3 Å². The van der Waals surface area contributed by atoms with E-state index in [0.29, 0.717) is 27.1 Å². The summed E-state index contributed by atoms with van der Waals surface area (Å²) < 4.78 is 7.66. The molecule has 8 heteroatoms. The lowest BCUT2D eigenvalue weighted by atomic mass is 10.0. The van der Waals surface area contributed by atoms with Crippen molar-refractivity contribution in [3.05, 3.63) is 69.2 Å². The molecule has 0 N–H and O–H groups in total. The molecule has 2 fully saturated rings. The van der Waals surface area contributed by atoms with Gasteiger partial charge in [-0.25, -0.2) is 0 Å². The molecule has 2 aliphatic heterocycles. The summed E-state index contributed by atoms with van der Waals surface area (Å²) in [5, 5.41) is 1.04. The molecule has 0 atom stereocenters. The molecule has 170 valence electrons. The maximum Gasteiger partial charge on any atom is 0.266 e. The molecule has 0 spiro atoms. The number of piperidine rings is 1. The smallest absolute Gasteiger partial charge is 0.266 e. The number of rotatable bonds is 5. The van der Waals surface area contributed by atoms with Gasteiger partial charge in [-0.05, 0) is 50.5 Å². The number of benzene rings is 1. The number of carbonyl (C=O) groups is 1. The van der Waals surface area contributed by atoms with Crippen molar-refractivity contribution >= 4 is 56.9 Å². The molecule has 2 saturated heterocycles. The lowest BCUT2D eigenvalue weighted by molar-refractivity contribution is -0.122. The van der Waals surface area contributed by atoms with Gasteiger partial charge in [0.15, 0.2) is 0 Å². The minimum atomic E-state index is -0.193. The minimum Gasteiger partial charge on any atom is -0.467 e. The Morgan fingerprint density at radius 3 is 2.61 bits per heavy atom. The van der Waals surface area contributed by atoms with E-state index in [-0.39, 0.29) is 18.0 Å². The monoisotopic (exact) mass is 479 g/mol. The number of anilines is 1. The van der Waals surface area contributed by atoms with Crippen molar-refractivity contribution in [3.63, 3.8) is 0 Å². The van der Waals surface area contributed by atoms with Crippen LogP contribution in [0, 0.1) is 0 Å². The number of para-hydroxylation sites is 1. The Hall–Kier alpha value is -2.84. The second-order valence-electron chi connectivity index (χ2n) is 8.22. The van der Waals surface area contributed by atoms with Crippen LogP contribution in [0.25, 0.3) is 17.0 Å². The number of pyridine rings is 1. The minimum absolute atomic E-state index is 0.0759. The van der Waals surface area contributed by atoms with Crippen molar-refractivity contribution in [3.8, 4) is 0 Å². The van der Waals surface area contributed by atoms with Gasteiger partial charge >= 0.3 is 0 Å². The molecule has 2 aliphatic rings. The molecule has 0 aliphatic carbocycles. The normalized spacial score (nSPS) is 18.2. The Morgan fingerprint density at radius 2 is 1.88 bits per heavy atom. The largest absolute Gasteiger partial charge is 0.467 e. The van der Waals surface area contributed by atoms with E-state index in [1.54, 1.807) is 23.0 Å². The molecule has 2 aromatic heterocycles. The highest BCUT2D eigenvalue weighted by Crippen LogP contribution is 2.37. The second kappa shape index (κ2) is 9.19. The molecule has 1 amide bonds. The van der Waals surface area contributed by atoms with Crippen LogP contribution < -0.4 is 10.5 Å². The summed E-state index contributed by atoms with van der Waals surface area (Å²) in [6.45, 7) is 4.62. The van der Waals surface area contributed by atoms with Crippen LogP contribution in [-0.4, -0.2) is 32.8 Å². The molecule has 0 bridgehead atoms. The first-order valence-electron chi connectivity index (χ1n) is 11.3. The van der Waals surface area contributed by atoms with E-state index >= 15 is 0 Å². The molecule has 3 aromatic rings. The second-order valence-corrected chi connectivity index (χ2v) is 9.90. The molecule has 6 nitrogen and oxygen atoms in total. The van der Waals surface area contributed by atoms with Gasteiger partial charge in [0, 0.05) is 25.0 Å². The first kappa shape index (κ1) is 22.0. The number of hydrogen-bond donors (Lipinski definition) is 0. The third-order valence-corrected chi connectivity index (χ3v) is 7.59. The number of amides is 1. The Bertz CT molecular complexity index is 1300. The van der Waals surface area contributed by atoms with Crippen LogP contribution in [0.1, 0.15) is 37.5 Å². The Morgan fingerprint density at radius 1 is 1.09 bits per heavy atom. The summed E-state index contributed by atoms with van der Waals surface area (Å²) in [4.78, 5) is 31.3. The fraction of sp³-hybridized carbons (Fsp3) is 0.320. The fourth-order valence-corrected chi connectivity index (χ4v) is 5.88. The van der Waals surface area contributed by atoms with Crippen LogP contribution >= 0.6 is 24.0 Å². The van der Waals surface area contributed by atoms with Gasteiger partial charge in [0.05, 0.1) is 34.5 Å². The third-order valence-electron chi connectivity index (χ3n) is 6.21. The highest BCUT2D eigenvalue weighted by Gasteiger charge is 2.33. The van der Waals surface area contributed by atoms with E-state index < -0.39 is 0 Å². The van der Waals surface area contributed by atoms with Gasteiger partial charge in [0.2, 0.25) is 0 Å². The molecular weight excluding hydrogens is 454 g/mol. The summed E-state index contributed by atoms with van der Waals surface area (Å²) in [6.07, 6.45) is 6.72. The fourth-order valence-electron chi connectivity index (χ4n) is 4.64. The van der Waals surface area contributed by atoms with Gasteiger partial charge in [-0.1, -0.05) is 42.2 Å². The van der Waals surface area contributed by atoms with Gasteiger partial charge in [0.1, 0.15) is 10.1 Å². The Balaban J connectivity index is 1.65. The maximum absolute atomic E-state index is 13.7. The van der Waals surface area contributed by atoms with E-state index in [4.69, 9.17) is 16.6 Å². The van der Waals surface area contributed by atoms with Crippen LogP contribution in [0.15, 0.2) is 56.8 Å². The number of carbonyl (C=O) groups excluding carboxylic acids is 1. The van der Waals surface area contributed by atoms with Crippen molar-refractivity contribution in [2.24, 2.45) is 0 Å². The quantitative estimate of drug-likeness (QED) is 0.379. The SMILES string of the molecule is CCn1c(=O)c(C=C2SC(=S)N(Cc3ccco3)C2=O)c(N2CCCCC2)c2ccccc21. The van der Waals surface area contributed by atoms with Crippen molar-refractivity contribution < 1.29 is 9.21 Å². The molecular formula is C25H25N3O3S2. The van der Waals surface area contributed by atoms with Crippen molar-refractivity contribution in [2.75, 3.05) is 18.0 Å². The van der Waals surface area contributed by atoms with Crippen LogP contribution in [-0.2, 0) is 17.9 Å². The summed E-state index contributed by atoms with van der Waals surface area (Å²) in [5.74, 6) is 0.474. The van der Waals surface area contributed by atoms with Crippen LogP contribution in [0.3, 0.4) is 0 Å². The van der Waals surface area contributed by atoms with Crippen LogP contribution in [0.2, 0.25) is 0 Å². The van der Waals surface area contributed by atoms with E-state index in [9.17, 15) is 9.59 Å². The number of aryl methyl sites for hydroxylation is 1. The number of aromatic nitrogens is 1. The topological polar surface area (TPSA) is 58.7 Å². The lowest BCUT2D eigenvalue weighted by Gasteiger charge is -2.31. The van der Waals surface area contributed by atoms with E-state index in [2.05, 4.69) is 11.0 Å². The zero-order valence-electron chi connectivity index (χ0n) is 18.5. The van der Waals surface area contributed by atoms with Gasteiger partial charge < -0.3 is 13.9 Å². The Labute approximate surface area is 201 Å². The number of thiocarbonyl (C=S) groups is 1. The predicted octanol–water partition coefficient (Wildman–Crippen LogP) is 5.01. The predicted molar refractivity (Wildman–Crippen MR) is 137 cm³/mol. The number of nitrogens with zero attached hydrogens (tertiary/aromatic N) is 3. The van der Waals surface area contributed by atoms with Gasteiger partial charge in [-0.15, -0.1) is 0 Å². The van der Waals surface area contributed by atoms with Crippen LogP contribution in [0.5, 0.6) is 0 Å². The van der Waals surface area contributed by atoms with Crippen molar-refractivity contribution in [1.82, 2.24) is 9.47 Å². The summed E-state index contributed by atoms with van der Waals surface area (Å²) in [5.41, 5.74) is 2.34. The van der Waals surface area contributed by atoms with Crippen molar-refractivity contribution in [1.29, 1.82) is 0 Å². The molecule has 0 unspecified atom stereocenters. The van der Waals surface area contributed by atoms with E-state index in [1.807, 2.05) is 31.2 Å². The van der Waals surface area contributed by atoms with Gasteiger partial charge in [-0.2, -0.15) is 0 Å². The molecule has 4 heterocycles. The van der Waals surface area contributed by atoms with E-state index in [1.165, 1.54) is 23.1 Å². The molecule has 33 heavy (non-hydrogen) atoms. The zero-order chi connectivity index (χ0) is 22.9. The molecule has 1 aromatic carbocycles. The highest BCUT2D eigenvalue weighted by atomic mass is 32.2. The van der Waals surface area contributed by atoms with E-state index in [0.717, 1.165) is 42.5 Å². The number of hydrogen-bond acceptors (Lipinski definition) is 6. The summed E-state index contributed by atoms with van der Waals surface area (Å²) in [7, 11) is 0. The molecule has 0 saturated carbocycles. The molecule has 0 radical (unpaired) electrons. The third kappa shape index (κ3) is 4.02. The maximum atomic E-state index is 13.7. The standard InChI is InChI=1S/C25H25N3O3S2/c1-2-27-20-11-5-4-10-18(20)22(26-12-6-3-7-13-26)19(23(27)29)15-21-24(30)28(25(32)33-21)16-17-9-8-14-31-17/h4-5,8-11,14-15H,2-3,6-7,12-13,16H2,1H3. The Kier molecular flexibility index (Phi) is 6.12. The summed E-state index contributed by atoms with van der Waals surface area (Å²) in [6, 6.07) is 11.7. The number of furan rings is 1. The first-order valence-corrected chi connectivity index (χ1v) is 12.5. The first-order chi connectivity index (χ1) is 16.1. The summed E-state index contributed by atoms with van der Waals surface area (Å²) >= 11 is 6.73. The average Bonchev–Trinajstić information content (AvgIpc) is 3.44. The number of thioether (sulfide) groups is 1. The van der Waals surface area contributed by atoms with Crippen LogP contribution in [0.4, 0.5) is 5.69 Å². The number of fused-ring (bicyclic) bond motifs is 1. The highest BCUT2D eigenvalue weighted by molar-refractivity contribution is 8.26. The lowest BCUT2D eigenvalue weighted by Crippen LogP contribution is -2.33. The zero-order valence-corrected chi connectivity index (χ0v) is 20.1. The van der Waals surface area contributed by atoms with Gasteiger partial charge in [-0.3, -0.25) is 14.5 Å². The van der Waals surface area contributed by atoms with Gasteiger partial charge in [0.25, 0.3) is 11.5 Å². The average molecular weight is 480 g/mol. The molecule has 5 rings (SSSR count).